The van der Waals surface area contributed by atoms with Crippen molar-refractivity contribution in [2.75, 3.05) is 13.2 Å². The highest BCUT2D eigenvalue weighted by molar-refractivity contribution is 5.75. The number of aliphatic hydroxyl groups excluding tert-OH is 1. The third-order valence-corrected chi connectivity index (χ3v) is 3.29. The van der Waals surface area contributed by atoms with Gasteiger partial charge in [-0.05, 0) is 58.3 Å². The summed E-state index contributed by atoms with van der Waals surface area (Å²) in [6, 6.07) is 0. The lowest BCUT2D eigenvalue weighted by molar-refractivity contribution is -0.154. The molecule has 1 fully saturated rings. The molecule has 16 heavy (non-hydrogen) atoms. The standard InChI is InChI=1S/C13H24O3/c1-13(2,3)12(15)16-9-11-6-4-10(8-14)5-7-11/h10-11,14H,4-9H2,1-3H3. The van der Waals surface area contributed by atoms with Crippen molar-refractivity contribution in [3.8, 4) is 0 Å². The number of rotatable bonds is 3. The molecule has 0 aromatic heterocycles. The highest BCUT2D eigenvalue weighted by Gasteiger charge is 2.26. The summed E-state index contributed by atoms with van der Waals surface area (Å²) in [5, 5.41) is 9.02. The van der Waals surface area contributed by atoms with Gasteiger partial charge in [0.15, 0.2) is 0 Å². The summed E-state index contributed by atoms with van der Waals surface area (Å²) in [5.41, 5.74) is -0.400. The Kier molecular flexibility index (Phi) is 4.78. The van der Waals surface area contributed by atoms with Gasteiger partial charge in [-0.25, -0.2) is 0 Å². The first-order valence-corrected chi connectivity index (χ1v) is 6.21. The summed E-state index contributed by atoms with van der Waals surface area (Å²) < 4.78 is 5.31. The van der Waals surface area contributed by atoms with Crippen molar-refractivity contribution in [2.24, 2.45) is 17.3 Å². The van der Waals surface area contributed by atoms with Crippen LogP contribution >= 0.6 is 0 Å². The van der Waals surface area contributed by atoms with Crippen LogP contribution in [0.15, 0.2) is 0 Å². The fourth-order valence-electron chi connectivity index (χ4n) is 1.99. The van der Waals surface area contributed by atoms with Crippen molar-refractivity contribution in [2.45, 2.75) is 46.5 Å². The maximum Gasteiger partial charge on any atom is 0.311 e. The van der Waals surface area contributed by atoms with Crippen molar-refractivity contribution in [3.63, 3.8) is 0 Å². The molecule has 0 spiro atoms. The highest BCUT2D eigenvalue weighted by Crippen LogP contribution is 2.29. The minimum absolute atomic E-state index is 0.114. The van der Waals surface area contributed by atoms with Crippen molar-refractivity contribution >= 4 is 5.97 Å². The van der Waals surface area contributed by atoms with E-state index in [1.807, 2.05) is 20.8 Å². The Balaban J connectivity index is 2.22. The van der Waals surface area contributed by atoms with Crippen LogP contribution in [0.4, 0.5) is 0 Å². The van der Waals surface area contributed by atoms with Crippen molar-refractivity contribution in [3.05, 3.63) is 0 Å². The van der Waals surface area contributed by atoms with Gasteiger partial charge in [0, 0.05) is 6.61 Å². The van der Waals surface area contributed by atoms with Crippen LogP contribution in [0.25, 0.3) is 0 Å². The summed E-state index contributed by atoms with van der Waals surface area (Å²) >= 11 is 0. The summed E-state index contributed by atoms with van der Waals surface area (Å²) in [5.74, 6) is 0.848. The van der Waals surface area contributed by atoms with E-state index >= 15 is 0 Å². The predicted molar refractivity (Wildman–Crippen MR) is 62.9 cm³/mol. The van der Waals surface area contributed by atoms with Gasteiger partial charge in [-0.1, -0.05) is 0 Å². The minimum Gasteiger partial charge on any atom is -0.465 e. The van der Waals surface area contributed by atoms with Crippen LogP contribution in [0, 0.1) is 17.3 Å². The van der Waals surface area contributed by atoms with E-state index in [1.165, 1.54) is 0 Å². The fourth-order valence-corrected chi connectivity index (χ4v) is 1.99. The number of carbonyl (C=O) groups is 1. The van der Waals surface area contributed by atoms with Crippen LogP contribution in [0.1, 0.15) is 46.5 Å². The maximum atomic E-state index is 11.6. The molecule has 3 nitrogen and oxygen atoms in total. The molecule has 0 unspecified atom stereocenters. The zero-order valence-corrected chi connectivity index (χ0v) is 10.7. The Labute approximate surface area is 98.2 Å². The normalized spacial score (nSPS) is 26.5. The zero-order chi connectivity index (χ0) is 12.2. The van der Waals surface area contributed by atoms with Gasteiger partial charge in [-0.2, -0.15) is 0 Å². The monoisotopic (exact) mass is 228 g/mol. The Morgan fingerprint density at radius 1 is 1.19 bits per heavy atom. The first-order valence-electron chi connectivity index (χ1n) is 6.21. The number of hydrogen-bond donors (Lipinski definition) is 1. The van der Waals surface area contributed by atoms with Crippen molar-refractivity contribution < 1.29 is 14.6 Å². The predicted octanol–water partition coefficient (Wildman–Crippen LogP) is 2.37. The average molecular weight is 228 g/mol. The number of carbonyl (C=O) groups excluding carboxylic acids is 1. The second kappa shape index (κ2) is 5.67. The second-order valence-corrected chi connectivity index (χ2v) is 5.92. The van der Waals surface area contributed by atoms with Crippen molar-refractivity contribution in [1.82, 2.24) is 0 Å². The van der Waals surface area contributed by atoms with Crippen LogP contribution in [0.5, 0.6) is 0 Å². The number of ether oxygens (including phenoxy) is 1. The number of esters is 1. The highest BCUT2D eigenvalue weighted by atomic mass is 16.5. The van der Waals surface area contributed by atoms with Crippen LogP contribution in [-0.4, -0.2) is 24.3 Å². The molecule has 1 saturated carbocycles. The molecule has 0 saturated heterocycles. The van der Waals surface area contributed by atoms with E-state index in [2.05, 4.69) is 0 Å². The van der Waals surface area contributed by atoms with E-state index in [9.17, 15) is 4.79 Å². The van der Waals surface area contributed by atoms with Crippen LogP contribution < -0.4 is 0 Å². The third-order valence-electron chi connectivity index (χ3n) is 3.29. The first-order chi connectivity index (χ1) is 7.43. The van der Waals surface area contributed by atoms with E-state index in [0.717, 1.165) is 25.7 Å². The summed E-state index contributed by atoms with van der Waals surface area (Å²) in [6.07, 6.45) is 4.27. The molecule has 0 aromatic rings. The van der Waals surface area contributed by atoms with Gasteiger partial charge < -0.3 is 9.84 Å². The topological polar surface area (TPSA) is 46.5 Å². The van der Waals surface area contributed by atoms with Gasteiger partial charge >= 0.3 is 5.97 Å². The van der Waals surface area contributed by atoms with Gasteiger partial charge in [0.05, 0.1) is 12.0 Å². The smallest absolute Gasteiger partial charge is 0.311 e. The summed E-state index contributed by atoms with van der Waals surface area (Å²) in [6.45, 7) is 6.47. The summed E-state index contributed by atoms with van der Waals surface area (Å²) in [4.78, 5) is 11.6. The molecule has 1 aliphatic carbocycles. The van der Waals surface area contributed by atoms with E-state index in [1.54, 1.807) is 0 Å². The van der Waals surface area contributed by atoms with Gasteiger partial charge in [-0.15, -0.1) is 0 Å². The van der Waals surface area contributed by atoms with Gasteiger partial charge in [-0.3, -0.25) is 4.79 Å². The Bertz CT molecular complexity index is 222. The molecule has 0 radical (unpaired) electrons. The van der Waals surface area contributed by atoms with Crippen LogP contribution in [0.2, 0.25) is 0 Å². The molecule has 1 rings (SSSR count). The lowest BCUT2D eigenvalue weighted by atomic mass is 9.83. The molecule has 0 bridgehead atoms. The largest absolute Gasteiger partial charge is 0.465 e. The molecule has 0 aliphatic heterocycles. The SMILES string of the molecule is CC(C)(C)C(=O)OCC1CCC(CO)CC1. The number of aliphatic hydroxyl groups is 1. The third kappa shape index (κ3) is 4.12. The molecule has 94 valence electrons. The van der Waals surface area contributed by atoms with E-state index in [-0.39, 0.29) is 5.97 Å². The van der Waals surface area contributed by atoms with Gasteiger partial charge in [0.25, 0.3) is 0 Å². The lowest BCUT2D eigenvalue weighted by Crippen LogP contribution is -2.27. The van der Waals surface area contributed by atoms with Crippen LogP contribution in [-0.2, 0) is 9.53 Å². The van der Waals surface area contributed by atoms with Gasteiger partial charge in [0.1, 0.15) is 0 Å². The van der Waals surface area contributed by atoms with E-state index in [4.69, 9.17) is 9.84 Å². The lowest BCUT2D eigenvalue weighted by Gasteiger charge is -2.27. The fraction of sp³-hybridized carbons (Fsp3) is 0.923. The molecule has 0 aromatic carbocycles. The average Bonchev–Trinajstić information content (AvgIpc) is 2.25. The zero-order valence-electron chi connectivity index (χ0n) is 10.7. The van der Waals surface area contributed by atoms with E-state index < -0.39 is 5.41 Å². The molecule has 1 N–H and O–H groups in total. The molecular formula is C13H24O3. The molecule has 0 atom stereocenters. The molecule has 1 aliphatic rings. The van der Waals surface area contributed by atoms with Gasteiger partial charge in [0.2, 0.25) is 0 Å². The molecule has 3 heteroatoms. The van der Waals surface area contributed by atoms with E-state index in [0.29, 0.717) is 25.0 Å². The minimum atomic E-state index is -0.400. The molecule has 0 amide bonds. The summed E-state index contributed by atoms with van der Waals surface area (Å²) in [7, 11) is 0. The quantitative estimate of drug-likeness (QED) is 0.754. The maximum absolute atomic E-state index is 11.6. The van der Waals surface area contributed by atoms with Crippen LogP contribution in [0.3, 0.4) is 0 Å². The molecule has 0 heterocycles. The second-order valence-electron chi connectivity index (χ2n) is 5.92. The first kappa shape index (κ1) is 13.5. The molecular weight excluding hydrogens is 204 g/mol. The Morgan fingerprint density at radius 2 is 1.69 bits per heavy atom. The number of hydrogen-bond acceptors (Lipinski definition) is 3. The Morgan fingerprint density at radius 3 is 2.12 bits per heavy atom. The Hall–Kier alpha value is -0.570. The van der Waals surface area contributed by atoms with Crippen molar-refractivity contribution in [1.29, 1.82) is 0 Å².